The minimum absolute atomic E-state index is 0.0755. The van der Waals surface area contributed by atoms with Gasteiger partial charge in [-0.05, 0) is 49.1 Å². The zero-order valence-electron chi connectivity index (χ0n) is 17.2. The number of amides is 2. The van der Waals surface area contributed by atoms with Crippen LogP contribution in [0.2, 0.25) is 10.0 Å². The molecule has 1 aliphatic carbocycles. The van der Waals surface area contributed by atoms with Gasteiger partial charge < -0.3 is 21.1 Å². The molecule has 0 aromatic heterocycles. The lowest BCUT2D eigenvalue weighted by Gasteiger charge is -2.42. The fourth-order valence-corrected chi connectivity index (χ4v) is 5.83. The summed E-state index contributed by atoms with van der Waals surface area (Å²) in [4.78, 5) is 26.7. The van der Waals surface area contributed by atoms with Crippen molar-refractivity contribution in [3.63, 3.8) is 0 Å². The Balaban J connectivity index is 1.59. The van der Waals surface area contributed by atoms with E-state index in [0.29, 0.717) is 29.1 Å². The Labute approximate surface area is 194 Å². The highest BCUT2D eigenvalue weighted by atomic mass is 35.5. The van der Waals surface area contributed by atoms with Crippen LogP contribution >= 0.6 is 23.2 Å². The van der Waals surface area contributed by atoms with E-state index >= 15 is 4.39 Å². The molecule has 2 aromatic rings. The van der Waals surface area contributed by atoms with E-state index in [1.807, 2.05) is 0 Å². The predicted octanol–water partition coefficient (Wildman–Crippen LogP) is 3.11. The lowest BCUT2D eigenvalue weighted by molar-refractivity contribution is -0.127. The van der Waals surface area contributed by atoms with E-state index in [2.05, 4.69) is 16.0 Å². The van der Waals surface area contributed by atoms with Crippen LogP contribution < -0.4 is 16.0 Å². The molecule has 9 heteroatoms. The Morgan fingerprint density at radius 3 is 2.72 bits per heavy atom. The molecular formula is C23H22Cl2FN3O3. The van der Waals surface area contributed by atoms with Crippen LogP contribution in [0.15, 0.2) is 36.4 Å². The van der Waals surface area contributed by atoms with E-state index in [0.717, 1.165) is 0 Å². The Bertz CT molecular complexity index is 1130. The van der Waals surface area contributed by atoms with Gasteiger partial charge >= 0.3 is 0 Å². The van der Waals surface area contributed by atoms with Crippen LogP contribution in [0.5, 0.6) is 0 Å². The number of aliphatic hydroxyl groups is 1. The first-order valence-corrected chi connectivity index (χ1v) is 11.2. The lowest BCUT2D eigenvalue weighted by Crippen LogP contribution is -2.57. The summed E-state index contributed by atoms with van der Waals surface area (Å²) in [6.07, 6.45) is 0.878. The summed E-state index contributed by atoms with van der Waals surface area (Å²) in [7, 11) is 0. The maximum Gasteiger partial charge on any atom is 0.238 e. The van der Waals surface area contributed by atoms with Gasteiger partial charge in [0, 0.05) is 29.2 Å². The zero-order valence-corrected chi connectivity index (χ0v) is 18.7. The standard InChI is InChI=1S/C23H22Cl2FN3O3/c1-22(32)8-12(9-22)28-20(30)19-17(13-3-2-4-15(25)18(13)26)23(10-27-19)14-6-5-11(24)7-16(14)29-21(23)31/h2-7,12,17,19,27,32H,8-10H2,1H3,(H,28,30)(H,29,31)/t12?,17-,19+,22?,23-/m0/s1. The fraction of sp³-hybridized carbons (Fsp3) is 0.391. The molecule has 0 bridgehead atoms. The second-order valence-corrected chi connectivity index (χ2v) is 10.0. The molecule has 2 amide bonds. The van der Waals surface area contributed by atoms with Gasteiger partial charge in [-0.25, -0.2) is 4.39 Å². The maximum atomic E-state index is 15.3. The van der Waals surface area contributed by atoms with Crippen molar-refractivity contribution in [2.24, 2.45) is 0 Å². The van der Waals surface area contributed by atoms with Gasteiger partial charge in [-0.3, -0.25) is 9.59 Å². The van der Waals surface area contributed by atoms with Crippen LogP contribution in [0.3, 0.4) is 0 Å². The molecule has 32 heavy (non-hydrogen) atoms. The number of rotatable bonds is 3. The molecule has 6 nitrogen and oxygen atoms in total. The van der Waals surface area contributed by atoms with Gasteiger partial charge in [-0.1, -0.05) is 41.4 Å². The van der Waals surface area contributed by atoms with Crippen molar-refractivity contribution in [2.45, 2.75) is 48.8 Å². The highest BCUT2D eigenvalue weighted by Crippen LogP contribution is 2.52. The van der Waals surface area contributed by atoms with Crippen molar-refractivity contribution >= 4 is 40.7 Å². The highest BCUT2D eigenvalue weighted by molar-refractivity contribution is 6.31. The smallest absolute Gasteiger partial charge is 0.238 e. The van der Waals surface area contributed by atoms with Crippen LogP contribution in [0.1, 0.15) is 36.8 Å². The summed E-state index contributed by atoms with van der Waals surface area (Å²) < 4.78 is 15.3. The van der Waals surface area contributed by atoms with E-state index in [-0.39, 0.29) is 35.0 Å². The van der Waals surface area contributed by atoms with Crippen molar-refractivity contribution in [2.75, 3.05) is 11.9 Å². The summed E-state index contributed by atoms with van der Waals surface area (Å²) in [6, 6.07) is 8.64. The van der Waals surface area contributed by atoms with Crippen molar-refractivity contribution in [3.05, 3.63) is 63.4 Å². The van der Waals surface area contributed by atoms with Crippen molar-refractivity contribution in [3.8, 4) is 0 Å². The SMILES string of the molecule is CC1(O)CC(NC(=O)[C@@H]2NC[C@@]3(C(=O)Nc4cc(Cl)ccc43)[C@H]2c2cccc(Cl)c2F)C1. The molecule has 168 valence electrons. The van der Waals surface area contributed by atoms with Crippen LogP contribution in [0, 0.1) is 5.82 Å². The van der Waals surface area contributed by atoms with Gasteiger partial charge in [-0.15, -0.1) is 0 Å². The van der Waals surface area contributed by atoms with Crippen molar-refractivity contribution < 1.29 is 19.1 Å². The minimum atomic E-state index is -1.21. The second kappa shape index (κ2) is 7.42. The van der Waals surface area contributed by atoms with E-state index in [1.54, 1.807) is 37.3 Å². The van der Waals surface area contributed by atoms with Gasteiger partial charge in [0.15, 0.2) is 0 Å². The lowest BCUT2D eigenvalue weighted by atomic mass is 9.68. The molecule has 0 radical (unpaired) electrons. The molecule has 3 aliphatic rings. The Morgan fingerprint density at radius 1 is 1.25 bits per heavy atom. The molecule has 2 heterocycles. The molecule has 2 aromatic carbocycles. The van der Waals surface area contributed by atoms with Crippen LogP contribution in [0.4, 0.5) is 10.1 Å². The molecule has 0 unspecified atom stereocenters. The number of carbonyl (C=O) groups excluding carboxylic acids is 2. The largest absolute Gasteiger partial charge is 0.390 e. The topological polar surface area (TPSA) is 90.5 Å². The number of hydrogen-bond acceptors (Lipinski definition) is 4. The quantitative estimate of drug-likeness (QED) is 0.546. The van der Waals surface area contributed by atoms with Gasteiger partial charge in [0.1, 0.15) is 5.82 Å². The second-order valence-electron chi connectivity index (χ2n) is 9.21. The third kappa shape index (κ3) is 3.22. The number of halogens is 3. The summed E-state index contributed by atoms with van der Waals surface area (Å²) in [5.41, 5.74) is -0.609. The number of carbonyl (C=O) groups is 2. The average Bonchev–Trinajstić information content (AvgIpc) is 3.22. The first-order valence-electron chi connectivity index (χ1n) is 10.4. The maximum absolute atomic E-state index is 15.3. The summed E-state index contributed by atoms with van der Waals surface area (Å²) in [5, 5.41) is 19.3. The molecule has 1 spiro atoms. The normalized spacial score (nSPS) is 33.0. The Hall–Kier alpha value is -2.19. The number of hydrogen-bond donors (Lipinski definition) is 4. The number of fused-ring (bicyclic) bond motifs is 2. The average molecular weight is 478 g/mol. The third-order valence-electron chi connectivity index (χ3n) is 6.90. The monoisotopic (exact) mass is 477 g/mol. The van der Waals surface area contributed by atoms with E-state index < -0.39 is 28.8 Å². The van der Waals surface area contributed by atoms with Crippen LogP contribution in [-0.2, 0) is 15.0 Å². The molecule has 2 aliphatic heterocycles. The molecule has 4 N–H and O–H groups in total. The van der Waals surface area contributed by atoms with Gasteiger partial charge in [0.2, 0.25) is 11.8 Å². The number of nitrogens with one attached hydrogen (secondary N) is 3. The molecule has 2 fully saturated rings. The first-order chi connectivity index (χ1) is 15.1. The third-order valence-corrected chi connectivity index (χ3v) is 7.43. The van der Waals surface area contributed by atoms with E-state index in [1.165, 1.54) is 6.07 Å². The summed E-state index contributed by atoms with van der Waals surface area (Å²) >= 11 is 12.2. The number of benzene rings is 2. The van der Waals surface area contributed by atoms with Crippen LogP contribution in [-0.4, -0.2) is 41.2 Å². The molecule has 3 atom stereocenters. The predicted molar refractivity (Wildman–Crippen MR) is 119 cm³/mol. The van der Waals surface area contributed by atoms with E-state index in [9.17, 15) is 14.7 Å². The van der Waals surface area contributed by atoms with Gasteiger partial charge in [0.05, 0.1) is 22.1 Å². The zero-order chi connectivity index (χ0) is 22.8. The van der Waals surface area contributed by atoms with Crippen LogP contribution in [0.25, 0.3) is 0 Å². The molecule has 1 saturated heterocycles. The van der Waals surface area contributed by atoms with Gasteiger partial charge in [0.25, 0.3) is 0 Å². The van der Waals surface area contributed by atoms with Crippen molar-refractivity contribution in [1.82, 2.24) is 10.6 Å². The minimum Gasteiger partial charge on any atom is -0.390 e. The Kier molecular flexibility index (Phi) is 5.02. The van der Waals surface area contributed by atoms with Gasteiger partial charge in [-0.2, -0.15) is 0 Å². The van der Waals surface area contributed by atoms with Crippen molar-refractivity contribution in [1.29, 1.82) is 0 Å². The first kappa shape index (κ1) is 21.6. The van der Waals surface area contributed by atoms with E-state index in [4.69, 9.17) is 23.2 Å². The molecular weight excluding hydrogens is 456 g/mol. The summed E-state index contributed by atoms with van der Waals surface area (Å²) in [5.74, 6) is -2.17. The fourth-order valence-electron chi connectivity index (χ4n) is 5.48. The number of anilines is 1. The highest BCUT2D eigenvalue weighted by Gasteiger charge is 2.61. The molecule has 1 saturated carbocycles. The summed E-state index contributed by atoms with van der Waals surface area (Å²) in [6.45, 7) is 1.86. The molecule has 5 rings (SSSR count). The Morgan fingerprint density at radius 2 is 2.00 bits per heavy atom.